The molecule has 0 saturated heterocycles. The summed E-state index contributed by atoms with van der Waals surface area (Å²) in [6.45, 7) is 20.3. The zero-order valence-electron chi connectivity index (χ0n) is 29.3. The topological polar surface area (TPSA) is 37.3 Å². The molecule has 0 aliphatic carbocycles. The highest BCUT2D eigenvalue weighted by molar-refractivity contribution is 6.11. The Kier molecular flexibility index (Phi) is 16.4. The van der Waals surface area contributed by atoms with Crippen LogP contribution in [0.25, 0.3) is 6.08 Å². The van der Waals surface area contributed by atoms with Gasteiger partial charge in [-0.2, -0.15) is 0 Å². The van der Waals surface area contributed by atoms with E-state index in [1.807, 2.05) is 0 Å². The van der Waals surface area contributed by atoms with Gasteiger partial charge in [0, 0.05) is 5.56 Å². The molecule has 0 fully saturated rings. The fourth-order valence-corrected chi connectivity index (χ4v) is 6.56. The second kappa shape index (κ2) is 19.1. The molecule has 4 unspecified atom stereocenters. The van der Waals surface area contributed by atoms with Crippen LogP contribution in [-0.4, -0.2) is 10.9 Å². The van der Waals surface area contributed by atoms with Crippen molar-refractivity contribution in [3.63, 3.8) is 0 Å². The zero-order valence-corrected chi connectivity index (χ0v) is 29.3. The summed E-state index contributed by atoms with van der Waals surface area (Å²) in [4.78, 5) is 14.4. The standard InChI is InChI=1S/C41H64O2/c1-10-15-19-29(6)34-26-37(31(8)21-17-12-3)40(32(9)22-18-13-4)38(27-34)41(43)39(42)28-35-25-33(14-5)23-24-36(35)30(7)20-16-11-2/h23-32,42H,10-22H2,1-9H3/b39-28-. The molecule has 0 aromatic heterocycles. The van der Waals surface area contributed by atoms with E-state index in [4.69, 9.17) is 0 Å². The van der Waals surface area contributed by atoms with E-state index in [1.54, 1.807) is 6.08 Å². The molecule has 0 saturated carbocycles. The Morgan fingerprint density at radius 2 is 1.19 bits per heavy atom. The van der Waals surface area contributed by atoms with E-state index in [0.29, 0.717) is 17.8 Å². The number of carbonyl (C=O) groups excluding carboxylic acids is 1. The van der Waals surface area contributed by atoms with Crippen molar-refractivity contribution in [3.05, 3.63) is 75.0 Å². The minimum Gasteiger partial charge on any atom is -0.504 e. The highest BCUT2D eigenvalue weighted by atomic mass is 16.3. The number of allylic oxidation sites excluding steroid dienone is 1. The van der Waals surface area contributed by atoms with Crippen LogP contribution in [0.5, 0.6) is 0 Å². The van der Waals surface area contributed by atoms with E-state index >= 15 is 0 Å². The minimum atomic E-state index is -0.221. The molecule has 1 N–H and O–H groups in total. The van der Waals surface area contributed by atoms with Gasteiger partial charge in [0.15, 0.2) is 5.76 Å². The quantitative estimate of drug-likeness (QED) is 0.0949. The Morgan fingerprint density at radius 3 is 1.72 bits per heavy atom. The number of hydrogen-bond acceptors (Lipinski definition) is 2. The maximum absolute atomic E-state index is 14.4. The molecule has 0 bridgehead atoms. The summed E-state index contributed by atoms with van der Waals surface area (Å²) in [5, 5.41) is 11.6. The van der Waals surface area contributed by atoms with Gasteiger partial charge in [-0.05, 0) is 101 Å². The normalized spacial score (nSPS) is 14.9. The summed E-state index contributed by atoms with van der Waals surface area (Å²) in [5.74, 6) is 1.04. The van der Waals surface area contributed by atoms with Gasteiger partial charge < -0.3 is 5.11 Å². The molecule has 2 nitrogen and oxygen atoms in total. The van der Waals surface area contributed by atoms with Gasteiger partial charge >= 0.3 is 0 Å². The van der Waals surface area contributed by atoms with Gasteiger partial charge in [-0.1, -0.05) is 138 Å². The molecule has 0 radical (unpaired) electrons. The van der Waals surface area contributed by atoms with Gasteiger partial charge in [0.1, 0.15) is 0 Å². The Bertz CT molecular complexity index is 1160. The Labute approximate surface area is 265 Å². The van der Waals surface area contributed by atoms with E-state index < -0.39 is 0 Å². The van der Waals surface area contributed by atoms with Crippen molar-refractivity contribution in [2.24, 2.45) is 0 Å². The van der Waals surface area contributed by atoms with Gasteiger partial charge in [0.2, 0.25) is 5.78 Å². The second-order valence-electron chi connectivity index (χ2n) is 13.4. The molecule has 2 aromatic carbocycles. The first kappa shape index (κ1) is 36.8. The number of unbranched alkanes of at least 4 members (excludes halogenated alkanes) is 4. The Balaban J connectivity index is 2.76. The van der Waals surface area contributed by atoms with E-state index in [2.05, 4.69) is 92.6 Å². The number of aliphatic hydroxyl groups excluding tert-OH is 1. The first-order chi connectivity index (χ1) is 20.6. The molecule has 2 rings (SSSR count). The SMILES string of the molecule is CCCCC(C)c1cc(C(=O)/C(O)=C/c2cc(CC)ccc2C(C)CCCC)c(C(C)CCCC)c(C(C)CCCC)c1. The van der Waals surface area contributed by atoms with Gasteiger partial charge in [-0.3, -0.25) is 4.79 Å². The van der Waals surface area contributed by atoms with Crippen molar-refractivity contribution in [1.82, 2.24) is 0 Å². The second-order valence-corrected chi connectivity index (χ2v) is 13.4. The number of carbonyl (C=O) groups is 1. The fraction of sp³-hybridized carbons (Fsp3) is 0.634. The van der Waals surface area contributed by atoms with Gasteiger partial charge in [0.05, 0.1) is 0 Å². The first-order valence-electron chi connectivity index (χ1n) is 17.9. The number of hydrogen-bond donors (Lipinski definition) is 1. The van der Waals surface area contributed by atoms with Crippen LogP contribution in [0.1, 0.15) is 207 Å². The average molecular weight is 589 g/mol. The fourth-order valence-electron chi connectivity index (χ4n) is 6.56. The zero-order chi connectivity index (χ0) is 31.9. The number of ketones is 1. The lowest BCUT2D eigenvalue weighted by molar-refractivity contribution is 0.0978. The van der Waals surface area contributed by atoms with Crippen LogP contribution in [0.15, 0.2) is 36.1 Å². The van der Waals surface area contributed by atoms with Crippen molar-refractivity contribution in [2.75, 3.05) is 0 Å². The lowest BCUT2D eigenvalue weighted by Gasteiger charge is -2.26. The molecule has 0 aliphatic heterocycles. The van der Waals surface area contributed by atoms with E-state index in [1.165, 1.54) is 59.9 Å². The Morgan fingerprint density at radius 1 is 0.674 bits per heavy atom. The van der Waals surface area contributed by atoms with Crippen LogP contribution in [0.4, 0.5) is 0 Å². The molecule has 43 heavy (non-hydrogen) atoms. The third-order valence-electron chi connectivity index (χ3n) is 9.65. The molecule has 2 heteroatoms. The number of aliphatic hydroxyl groups is 1. The minimum absolute atomic E-state index is 0.133. The van der Waals surface area contributed by atoms with Crippen molar-refractivity contribution >= 4 is 11.9 Å². The Hall–Kier alpha value is -2.35. The predicted molar refractivity (Wildman–Crippen MR) is 189 cm³/mol. The third-order valence-corrected chi connectivity index (χ3v) is 9.65. The monoisotopic (exact) mass is 588 g/mol. The molecular formula is C41H64O2. The lowest BCUT2D eigenvalue weighted by atomic mass is 9.78. The summed E-state index contributed by atoms with van der Waals surface area (Å²) in [6.07, 6.45) is 16.4. The summed E-state index contributed by atoms with van der Waals surface area (Å²) in [7, 11) is 0. The molecule has 0 spiro atoms. The number of rotatable bonds is 20. The van der Waals surface area contributed by atoms with Crippen LogP contribution in [-0.2, 0) is 6.42 Å². The van der Waals surface area contributed by atoms with Crippen LogP contribution in [0.2, 0.25) is 0 Å². The van der Waals surface area contributed by atoms with Crippen molar-refractivity contribution in [1.29, 1.82) is 0 Å². The average Bonchev–Trinajstić information content (AvgIpc) is 3.02. The molecule has 0 amide bonds. The van der Waals surface area contributed by atoms with Gasteiger partial charge in [-0.25, -0.2) is 0 Å². The van der Waals surface area contributed by atoms with Gasteiger partial charge in [0.25, 0.3) is 0 Å². The first-order valence-corrected chi connectivity index (χ1v) is 17.9. The molecule has 0 aliphatic rings. The number of benzene rings is 2. The molecule has 2 aromatic rings. The maximum Gasteiger partial charge on any atom is 0.227 e. The molecule has 4 atom stereocenters. The van der Waals surface area contributed by atoms with Crippen LogP contribution in [0, 0.1) is 0 Å². The van der Waals surface area contributed by atoms with Crippen molar-refractivity contribution < 1.29 is 9.90 Å². The predicted octanol–water partition coefficient (Wildman–Crippen LogP) is 13.2. The summed E-state index contributed by atoms with van der Waals surface area (Å²) >= 11 is 0. The summed E-state index contributed by atoms with van der Waals surface area (Å²) < 4.78 is 0. The number of aryl methyl sites for hydroxylation is 1. The lowest BCUT2D eigenvalue weighted by Crippen LogP contribution is -2.15. The summed E-state index contributed by atoms with van der Waals surface area (Å²) in [5.41, 5.74) is 7.91. The van der Waals surface area contributed by atoms with Crippen LogP contribution >= 0.6 is 0 Å². The van der Waals surface area contributed by atoms with E-state index in [0.717, 1.165) is 62.5 Å². The maximum atomic E-state index is 14.4. The molecular weight excluding hydrogens is 524 g/mol. The van der Waals surface area contributed by atoms with E-state index in [-0.39, 0.29) is 17.5 Å². The smallest absolute Gasteiger partial charge is 0.227 e. The third kappa shape index (κ3) is 10.6. The van der Waals surface area contributed by atoms with Crippen LogP contribution in [0.3, 0.4) is 0 Å². The highest BCUT2D eigenvalue weighted by Crippen LogP contribution is 2.39. The molecule has 240 valence electrons. The van der Waals surface area contributed by atoms with Crippen molar-refractivity contribution in [2.45, 2.75) is 169 Å². The number of Topliss-reactive ketones (excluding diaryl/α,β-unsaturated/α-hetero) is 1. The van der Waals surface area contributed by atoms with E-state index in [9.17, 15) is 9.90 Å². The van der Waals surface area contributed by atoms with Crippen LogP contribution < -0.4 is 0 Å². The largest absolute Gasteiger partial charge is 0.504 e. The molecule has 0 heterocycles. The highest BCUT2D eigenvalue weighted by Gasteiger charge is 2.26. The van der Waals surface area contributed by atoms with Gasteiger partial charge in [-0.15, -0.1) is 0 Å². The summed E-state index contributed by atoms with van der Waals surface area (Å²) in [6, 6.07) is 11.2. The van der Waals surface area contributed by atoms with Crippen molar-refractivity contribution in [3.8, 4) is 0 Å².